The van der Waals surface area contributed by atoms with Gasteiger partial charge in [-0.3, -0.25) is 15.7 Å². The second-order valence-corrected chi connectivity index (χ2v) is 6.77. The highest BCUT2D eigenvalue weighted by Crippen LogP contribution is 2.18. The van der Waals surface area contributed by atoms with E-state index in [1.165, 1.54) is 6.20 Å². The number of nitrogens with two attached hydrogens (primary N) is 1. The quantitative estimate of drug-likeness (QED) is 0.537. The lowest BCUT2D eigenvalue weighted by Crippen LogP contribution is -2.53. The number of rotatable bonds is 2. The van der Waals surface area contributed by atoms with E-state index in [0.717, 1.165) is 52.1 Å². The number of nitrogen functional groups attached to an aromatic ring is 1. The molecular formula is C17H27N7O. The van der Waals surface area contributed by atoms with E-state index < -0.39 is 0 Å². The van der Waals surface area contributed by atoms with Crippen LogP contribution in [0.25, 0.3) is 0 Å². The molecule has 2 aliphatic rings. The van der Waals surface area contributed by atoms with Crippen molar-refractivity contribution < 1.29 is 4.74 Å². The van der Waals surface area contributed by atoms with E-state index in [1.54, 1.807) is 12.1 Å². The number of nitrogens with one attached hydrogen (secondary N) is 2. The normalized spacial score (nSPS) is 20.4. The number of amidine groups is 1. The molecule has 8 nitrogen and oxygen atoms in total. The average Bonchev–Trinajstić information content (AvgIpc) is 2.63. The van der Waals surface area contributed by atoms with Crippen molar-refractivity contribution in [3.8, 4) is 0 Å². The third-order valence-corrected chi connectivity index (χ3v) is 5.05. The molecule has 0 unspecified atom stereocenters. The molecule has 0 aromatic carbocycles. The number of anilines is 1. The van der Waals surface area contributed by atoms with Crippen LogP contribution in [0.1, 0.15) is 18.4 Å². The summed E-state index contributed by atoms with van der Waals surface area (Å²) in [4.78, 5) is 10.8. The van der Waals surface area contributed by atoms with Gasteiger partial charge in [-0.1, -0.05) is 0 Å². The predicted molar refractivity (Wildman–Crippen MR) is 98.0 cm³/mol. The van der Waals surface area contributed by atoms with Crippen LogP contribution in [-0.2, 0) is 4.74 Å². The zero-order valence-corrected chi connectivity index (χ0v) is 14.7. The molecule has 4 N–H and O–H groups in total. The van der Waals surface area contributed by atoms with Gasteiger partial charge in [0.1, 0.15) is 5.82 Å². The fourth-order valence-electron chi connectivity index (χ4n) is 3.38. The first-order valence-corrected chi connectivity index (χ1v) is 8.77. The molecular weight excluding hydrogens is 318 g/mol. The van der Waals surface area contributed by atoms with Gasteiger partial charge in [0.05, 0.1) is 5.56 Å². The molecule has 3 heterocycles. The third kappa shape index (κ3) is 4.46. The summed E-state index contributed by atoms with van der Waals surface area (Å²) in [7, 11) is 2.17. The van der Waals surface area contributed by atoms with Crippen molar-refractivity contribution in [1.82, 2.24) is 19.7 Å². The number of ether oxygens (including phenoxy) is 1. The Kier molecular flexibility index (Phi) is 5.50. The van der Waals surface area contributed by atoms with E-state index in [4.69, 9.17) is 21.3 Å². The lowest BCUT2D eigenvalue weighted by atomic mass is 10.0. The monoisotopic (exact) mass is 345 g/mol. The molecule has 2 aliphatic heterocycles. The van der Waals surface area contributed by atoms with Crippen LogP contribution < -0.4 is 5.73 Å². The molecule has 3 rings (SSSR count). The van der Waals surface area contributed by atoms with Crippen LogP contribution in [0, 0.1) is 10.8 Å². The maximum absolute atomic E-state index is 8.14. The van der Waals surface area contributed by atoms with Crippen molar-refractivity contribution in [3.05, 3.63) is 23.9 Å². The van der Waals surface area contributed by atoms with E-state index in [2.05, 4.69) is 21.8 Å². The zero-order valence-electron chi connectivity index (χ0n) is 14.7. The molecule has 2 fully saturated rings. The Morgan fingerprint density at radius 1 is 1.12 bits per heavy atom. The average molecular weight is 345 g/mol. The number of piperazine rings is 1. The van der Waals surface area contributed by atoms with E-state index in [-0.39, 0.29) is 11.9 Å². The molecule has 136 valence electrons. The fraction of sp³-hybridized carbons (Fsp3) is 0.588. The van der Waals surface area contributed by atoms with Gasteiger partial charge in [0.2, 0.25) is 5.90 Å². The summed E-state index contributed by atoms with van der Waals surface area (Å²) in [5.41, 5.74) is 6.07. The molecule has 8 heteroatoms. The number of hydrogen-bond acceptors (Lipinski definition) is 7. The minimum Gasteiger partial charge on any atom is -0.407 e. The number of likely N-dealkylation sites (N-methyl/N-ethyl adjacent to an activating group) is 1. The molecule has 1 aromatic heterocycles. The maximum atomic E-state index is 8.14. The van der Waals surface area contributed by atoms with Crippen molar-refractivity contribution in [3.63, 3.8) is 0 Å². The number of pyridine rings is 1. The van der Waals surface area contributed by atoms with Crippen LogP contribution in [0.4, 0.5) is 5.82 Å². The van der Waals surface area contributed by atoms with Crippen LogP contribution in [-0.4, -0.2) is 84.0 Å². The highest BCUT2D eigenvalue weighted by Gasteiger charge is 2.28. The third-order valence-electron chi connectivity index (χ3n) is 5.05. The number of nitrogens with zero attached hydrogens (tertiary/aromatic N) is 4. The summed E-state index contributed by atoms with van der Waals surface area (Å²) in [6.07, 6.45) is 3.56. The molecule has 2 saturated heterocycles. The first-order valence-electron chi connectivity index (χ1n) is 8.77. The van der Waals surface area contributed by atoms with Gasteiger partial charge in [0, 0.05) is 51.5 Å². The first-order chi connectivity index (χ1) is 12.0. The highest BCUT2D eigenvalue weighted by molar-refractivity contribution is 5.98. The van der Waals surface area contributed by atoms with Gasteiger partial charge >= 0.3 is 0 Å². The Hall–Kier alpha value is -2.19. The van der Waals surface area contributed by atoms with Crippen LogP contribution >= 0.6 is 0 Å². The van der Waals surface area contributed by atoms with Crippen LogP contribution in [0.3, 0.4) is 0 Å². The van der Waals surface area contributed by atoms with Gasteiger partial charge in [-0.25, -0.2) is 4.98 Å². The highest BCUT2D eigenvalue weighted by atomic mass is 16.5. The van der Waals surface area contributed by atoms with Gasteiger partial charge in [0.15, 0.2) is 0 Å². The summed E-state index contributed by atoms with van der Waals surface area (Å²) >= 11 is 0. The van der Waals surface area contributed by atoms with E-state index in [9.17, 15) is 0 Å². The second kappa shape index (κ2) is 7.79. The van der Waals surface area contributed by atoms with Gasteiger partial charge < -0.3 is 20.3 Å². The van der Waals surface area contributed by atoms with E-state index in [1.807, 2.05) is 4.90 Å². The number of likely N-dealkylation sites (tertiary alicyclic amines) is 1. The number of piperidine rings is 1. The van der Waals surface area contributed by atoms with Crippen molar-refractivity contribution >= 4 is 17.7 Å². The van der Waals surface area contributed by atoms with Crippen LogP contribution in [0.2, 0.25) is 0 Å². The Labute approximate surface area is 148 Å². The van der Waals surface area contributed by atoms with Gasteiger partial charge in [-0.2, -0.15) is 0 Å². The summed E-state index contributed by atoms with van der Waals surface area (Å²) in [5.74, 6) is 0.330. The molecule has 0 bridgehead atoms. The molecule has 0 amide bonds. The van der Waals surface area contributed by atoms with Crippen LogP contribution in [0.5, 0.6) is 0 Å². The molecule has 1 aromatic rings. The predicted octanol–water partition coefficient (Wildman–Crippen LogP) is 0.652. The summed E-state index contributed by atoms with van der Waals surface area (Å²) < 4.78 is 5.40. The summed E-state index contributed by atoms with van der Waals surface area (Å²) in [6.45, 7) is 6.11. The molecule has 25 heavy (non-hydrogen) atoms. The SMILES string of the molecule is CN1CCN(C2CCN(C(=N)OC(=N)c3ccc(N)nc3)CC2)CC1. The molecule has 0 radical (unpaired) electrons. The van der Waals surface area contributed by atoms with E-state index in [0.29, 0.717) is 17.4 Å². The minimum absolute atomic E-state index is 0.0404. The van der Waals surface area contributed by atoms with Crippen molar-refractivity contribution in [1.29, 1.82) is 10.8 Å². The Morgan fingerprint density at radius 2 is 1.80 bits per heavy atom. The van der Waals surface area contributed by atoms with E-state index >= 15 is 0 Å². The smallest absolute Gasteiger partial charge is 0.291 e. The minimum atomic E-state index is -0.0707. The topological polar surface area (TPSA) is 106 Å². The summed E-state index contributed by atoms with van der Waals surface area (Å²) in [5, 5.41) is 16.1. The van der Waals surface area contributed by atoms with Crippen molar-refractivity contribution in [2.75, 3.05) is 52.0 Å². The van der Waals surface area contributed by atoms with Gasteiger partial charge in [-0.15, -0.1) is 0 Å². The standard InChI is InChI=1S/C17H27N7O/c1-22-8-10-23(11-9-22)14-4-6-24(7-5-14)17(20)25-16(19)13-2-3-15(18)21-12-13/h2-3,12,14,19-20H,4-11H2,1H3,(H2,18,21). The van der Waals surface area contributed by atoms with Crippen molar-refractivity contribution in [2.24, 2.45) is 0 Å². The van der Waals surface area contributed by atoms with Gasteiger partial charge in [-0.05, 0) is 32.0 Å². The summed E-state index contributed by atoms with van der Waals surface area (Å²) in [6, 6.07) is 3.94. The zero-order chi connectivity index (χ0) is 17.8. The number of aromatic nitrogens is 1. The number of hydrogen-bond donors (Lipinski definition) is 3. The second-order valence-electron chi connectivity index (χ2n) is 6.77. The first kappa shape index (κ1) is 17.6. The molecule has 0 saturated carbocycles. The fourth-order valence-corrected chi connectivity index (χ4v) is 3.38. The van der Waals surface area contributed by atoms with Crippen molar-refractivity contribution in [2.45, 2.75) is 18.9 Å². The Morgan fingerprint density at radius 3 is 2.40 bits per heavy atom. The Bertz CT molecular complexity index is 602. The lowest BCUT2D eigenvalue weighted by molar-refractivity contribution is 0.0786. The molecule has 0 aliphatic carbocycles. The molecule has 0 spiro atoms. The molecule has 0 atom stereocenters. The maximum Gasteiger partial charge on any atom is 0.291 e. The lowest BCUT2D eigenvalue weighted by Gasteiger charge is -2.42. The Balaban J connectivity index is 1.46. The van der Waals surface area contributed by atoms with Gasteiger partial charge in [0.25, 0.3) is 6.02 Å². The van der Waals surface area contributed by atoms with Crippen LogP contribution in [0.15, 0.2) is 18.3 Å². The largest absolute Gasteiger partial charge is 0.407 e.